The molecule has 5 heteroatoms. The van der Waals surface area contributed by atoms with Crippen molar-refractivity contribution >= 4 is 17.4 Å². The number of likely N-dealkylation sites (N-methyl/N-ethyl adjacent to an activating group) is 1. The van der Waals surface area contributed by atoms with Crippen LogP contribution < -0.4 is 5.73 Å². The number of aliphatic hydroxyl groups excluding tert-OH is 1. The van der Waals surface area contributed by atoms with E-state index in [4.69, 9.17) is 17.3 Å². The molecule has 0 amide bonds. The van der Waals surface area contributed by atoms with Crippen LogP contribution in [0.25, 0.3) is 0 Å². The Balaban J connectivity index is 2.41. The van der Waals surface area contributed by atoms with Gasteiger partial charge in [0.15, 0.2) is 0 Å². The molecule has 20 heavy (non-hydrogen) atoms. The minimum Gasteiger partial charge on any atom is -0.386 e. The molecule has 112 valence electrons. The maximum Gasteiger partial charge on any atom is 0.129 e. The van der Waals surface area contributed by atoms with Crippen molar-refractivity contribution in [2.45, 2.75) is 51.2 Å². The van der Waals surface area contributed by atoms with Gasteiger partial charge in [0, 0.05) is 11.8 Å². The predicted molar refractivity (Wildman–Crippen MR) is 82.7 cm³/mol. The third-order valence-electron chi connectivity index (χ3n) is 4.58. The summed E-state index contributed by atoms with van der Waals surface area (Å²) >= 11 is 6.02. The Kier molecular flexibility index (Phi) is 4.89. The smallest absolute Gasteiger partial charge is 0.129 e. The number of halogens is 1. The van der Waals surface area contributed by atoms with E-state index < -0.39 is 6.10 Å². The first kappa shape index (κ1) is 15.5. The molecule has 0 spiro atoms. The van der Waals surface area contributed by atoms with Gasteiger partial charge in [0.25, 0.3) is 0 Å². The number of nitrogens with zero attached hydrogens (tertiary/aromatic N) is 2. The number of rotatable bonds is 5. The highest BCUT2D eigenvalue weighted by Crippen LogP contribution is 2.45. The van der Waals surface area contributed by atoms with Gasteiger partial charge < -0.3 is 10.8 Å². The van der Waals surface area contributed by atoms with Crippen LogP contribution in [0.5, 0.6) is 0 Å². The van der Waals surface area contributed by atoms with E-state index in [1.54, 1.807) is 6.07 Å². The third kappa shape index (κ3) is 2.65. The van der Waals surface area contributed by atoms with E-state index in [1.165, 1.54) is 6.20 Å². The number of aliphatic hydroxyl groups is 1. The van der Waals surface area contributed by atoms with Crippen LogP contribution in [0.1, 0.15) is 51.2 Å². The summed E-state index contributed by atoms with van der Waals surface area (Å²) in [4.78, 5) is 6.43. The molecular weight excluding hydrogens is 274 g/mol. The van der Waals surface area contributed by atoms with Crippen LogP contribution in [0.4, 0.5) is 5.82 Å². The van der Waals surface area contributed by atoms with Gasteiger partial charge in [0.05, 0.1) is 10.6 Å². The van der Waals surface area contributed by atoms with E-state index in [0.29, 0.717) is 16.4 Å². The van der Waals surface area contributed by atoms with Crippen molar-refractivity contribution in [3.63, 3.8) is 0 Å². The van der Waals surface area contributed by atoms with Crippen molar-refractivity contribution < 1.29 is 5.11 Å². The Labute approximate surface area is 125 Å². The van der Waals surface area contributed by atoms with Crippen molar-refractivity contribution in [1.82, 2.24) is 9.88 Å². The highest BCUT2D eigenvalue weighted by atomic mass is 35.5. The highest BCUT2D eigenvalue weighted by molar-refractivity contribution is 6.30. The van der Waals surface area contributed by atoms with Crippen molar-refractivity contribution in [3.8, 4) is 0 Å². The summed E-state index contributed by atoms with van der Waals surface area (Å²) in [7, 11) is 0. The van der Waals surface area contributed by atoms with E-state index in [9.17, 15) is 5.11 Å². The lowest BCUT2D eigenvalue weighted by atomic mass is 9.84. The Morgan fingerprint density at radius 2 is 2.00 bits per heavy atom. The van der Waals surface area contributed by atoms with Gasteiger partial charge in [-0.25, -0.2) is 4.98 Å². The molecule has 1 aliphatic carbocycles. The fourth-order valence-corrected chi connectivity index (χ4v) is 3.74. The van der Waals surface area contributed by atoms with E-state index in [0.717, 1.165) is 38.8 Å². The minimum atomic E-state index is -0.643. The van der Waals surface area contributed by atoms with Crippen molar-refractivity contribution in [3.05, 3.63) is 22.8 Å². The molecule has 1 unspecified atom stereocenters. The minimum absolute atomic E-state index is 0.232. The van der Waals surface area contributed by atoms with Gasteiger partial charge in [-0.1, -0.05) is 38.3 Å². The summed E-state index contributed by atoms with van der Waals surface area (Å²) in [5.74, 6) is 0.375. The quantitative estimate of drug-likeness (QED) is 0.877. The van der Waals surface area contributed by atoms with E-state index in [2.05, 4.69) is 23.7 Å². The number of aromatic nitrogens is 1. The average Bonchev–Trinajstić information content (AvgIpc) is 2.93. The molecule has 4 nitrogen and oxygen atoms in total. The molecule has 0 saturated heterocycles. The van der Waals surface area contributed by atoms with E-state index in [-0.39, 0.29) is 5.54 Å². The van der Waals surface area contributed by atoms with Gasteiger partial charge in [-0.15, -0.1) is 0 Å². The Morgan fingerprint density at radius 1 is 1.40 bits per heavy atom. The highest BCUT2D eigenvalue weighted by Gasteiger charge is 2.45. The summed E-state index contributed by atoms with van der Waals surface area (Å²) in [6.07, 6.45) is 5.13. The molecular formula is C15H24ClN3O. The predicted octanol–water partition coefficient (Wildman–Crippen LogP) is 3.01. The second-order valence-corrected chi connectivity index (χ2v) is 5.95. The second kappa shape index (κ2) is 6.29. The molecule has 3 N–H and O–H groups in total. The van der Waals surface area contributed by atoms with Crippen LogP contribution in [0.3, 0.4) is 0 Å². The number of hydrogen-bond donors (Lipinski definition) is 2. The molecule has 1 aromatic rings. The van der Waals surface area contributed by atoms with Gasteiger partial charge in [0.1, 0.15) is 11.9 Å². The molecule has 1 aromatic heterocycles. The molecule has 1 heterocycles. The molecule has 0 aliphatic heterocycles. The number of hydrogen-bond acceptors (Lipinski definition) is 4. The van der Waals surface area contributed by atoms with Crippen molar-refractivity contribution in [2.75, 3.05) is 18.8 Å². The fraction of sp³-hybridized carbons (Fsp3) is 0.667. The maximum atomic E-state index is 11.0. The van der Waals surface area contributed by atoms with Crippen LogP contribution in [-0.2, 0) is 0 Å². The Morgan fingerprint density at radius 3 is 2.55 bits per heavy atom. The molecule has 1 saturated carbocycles. The molecule has 2 rings (SSSR count). The summed E-state index contributed by atoms with van der Waals surface area (Å²) in [5.41, 5.74) is 6.38. The number of anilines is 1. The van der Waals surface area contributed by atoms with Gasteiger partial charge in [-0.05, 0) is 32.0 Å². The third-order valence-corrected chi connectivity index (χ3v) is 4.79. The average molecular weight is 298 g/mol. The van der Waals surface area contributed by atoms with Gasteiger partial charge in [-0.2, -0.15) is 0 Å². The van der Waals surface area contributed by atoms with Crippen LogP contribution in [0.15, 0.2) is 12.3 Å². The summed E-state index contributed by atoms with van der Waals surface area (Å²) in [5, 5.41) is 11.5. The first-order valence-electron chi connectivity index (χ1n) is 7.39. The zero-order valence-electron chi connectivity index (χ0n) is 12.3. The number of nitrogens with two attached hydrogens (primary N) is 1. The number of pyridine rings is 1. The lowest BCUT2D eigenvalue weighted by Gasteiger charge is -2.44. The molecule has 1 aliphatic rings. The monoisotopic (exact) mass is 297 g/mol. The normalized spacial score (nSPS) is 19.4. The van der Waals surface area contributed by atoms with Crippen molar-refractivity contribution in [1.29, 1.82) is 0 Å². The fourth-order valence-electron chi connectivity index (χ4n) is 3.58. The van der Waals surface area contributed by atoms with Crippen LogP contribution in [0.2, 0.25) is 5.02 Å². The first-order valence-corrected chi connectivity index (χ1v) is 7.77. The largest absolute Gasteiger partial charge is 0.386 e. The van der Waals surface area contributed by atoms with Crippen LogP contribution in [-0.4, -0.2) is 33.6 Å². The molecule has 0 bridgehead atoms. The van der Waals surface area contributed by atoms with Gasteiger partial charge in [0.2, 0.25) is 0 Å². The zero-order chi connectivity index (χ0) is 14.8. The molecule has 0 radical (unpaired) electrons. The standard InChI is InChI=1S/C15H24ClN3O/c1-3-19(4-2)15(7-5-6-8-15)13(20)12-9-11(16)10-18-14(12)17/h9-10,13,20H,3-8H2,1-2H3,(H2,17,18). The Bertz CT molecular complexity index is 456. The maximum absolute atomic E-state index is 11.0. The van der Waals surface area contributed by atoms with Gasteiger partial charge >= 0.3 is 0 Å². The molecule has 0 aromatic carbocycles. The topological polar surface area (TPSA) is 62.4 Å². The second-order valence-electron chi connectivity index (χ2n) is 5.51. The molecule has 1 atom stereocenters. The summed E-state index contributed by atoms with van der Waals surface area (Å²) in [6, 6.07) is 1.75. The SMILES string of the molecule is CCN(CC)C1(C(O)c2cc(Cl)cnc2N)CCCC1. The van der Waals surface area contributed by atoms with Crippen LogP contribution in [0, 0.1) is 0 Å². The molecule has 1 fully saturated rings. The van der Waals surface area contributed by atoms with E-state index >= 15 is 0 Å². The summed E-state index contributed by atoms with van der Waals surface area (Å²) in [6.45, 7) is 6.11. The lowest BCUT2D eigenvalue weighted by Crippen LogP contribution is -2.51. The zero-order valence-corrected chi connectivity index (χ0v) is 13.0. The lowest BCUT2D eigenvalue weighted by molar-refractivity contribution is -0.0266. The van der Waals surface area contributed by atoms with Gasteiger partial charge in [-0.3, -0.25) is 4.90 Å². The summed E-state index contributed by atoms with van der Waals surface area (Å²) < 4.78 is 0. The first-order chi connectivity index (χ1) is 9.55. The van der Waals surface area contributed by atoms with E-state index in [1.807, 2.05) is 0 Å². The number of nitrogen functional groups attached to an aromatic ring is 1. The van der Waals surface area contributed by atoms with Crippen LogP contribution >= 0.6 is 11.6 Å². The Hall–Kier alpha value is -0.840. The van der Waals surface area contributed by atoms with Crippen molar-refractivity contribution in [2.24, 2.45) is 0 Å².